The second-order valence-electron chi connectivity index (χ2n) is 6.97. The van der Waals surface area contributed by atoms with Gasteiger partial charge in [-0.05, 0) is 40.0 Å². The van der Waals surface area contributed by atoms with Gasteiger partial charge in [0.25, 0.3) is 0 Å². The van der Waals surface area contributed by atoms with Gasteiger partial charge in [0.05, 0.1) is 12.2 Å². The SMILES string of the molecule is CC(=O)NC(C)(C)C(C)COC(C)(C)CC(C)C. The van der Waals surface area contributed by atoms with Crippen LogP contribution in [-0.2, 0) is 9.53 Å². The summed E-state index contributed by atoms with van der Waals surface area (Å²) in [4.78, 5) is 11.2. The largest absolute Gasteiger partial charge is 0.375 e. The van der Waals surface area contributed by atoms with Gasteiger partial charge in [-0.1, -0.05) is 20.8 Å². The zero-order chi connectivity index (χ0) is 14.6. The lowest BCUT2D eigenvalue weighted by molar-refractivity contribution is -0.121. The molecule has 1 atom stereocenters. The molecule has 0 saturated heterocycles. The van der Waals surface area contributed by atoms with E-state index in [2.05, 4.69) is 39.9 Å². The predicted octanol–water partition coefficient (Wildman–Crippen LogP) is 3.38. The Hall–Kier alpha value is -0.570. The maximum absolute atomic E-state index is 11.2. The third-order valence-corrected chi connectivity index (χ3v) is 3.35. The van der Waals surface area contributed by atoms with Crippen molar-refractivity contribution in [2.75, 3.05) is 6.61 Å². The Labute approximate surface area is 113 Å². The Bertz CT molecular complexity index is 270. The van der Waals surface area contributed by atoms with E-state index in [9.17, 15) is 4.79 Å². The highest BCUT2D eigenvalue weighted by atomic mass is 16.5. The zero-order valence-electron chi connectivity index (χ0n) is 13.4. The number of carbonyl (C=O) groups is 1. The molecule has 0 saturated carbocycles. The Morgan fingerprint density at radius 2 is 1.67 bits per heavy atom. The summed E-state index contributed by atoms with van der Waals surface area (Å²) in [5.74, 6) is 0.903. The van der Waals surface area contributed by atoms with Crippen LogP contribution in [0.3, 0.4) is 0 Å². The fourth-order valence-corrected chi connectivity index (χ4v) is 2.18. The fraction of sp³-hybridized carbons (Fsp3) is 0.933. The number of carbonyl (C=O) groups excluding carboxylic acids is 1. The van der Waals surface area contributed by atoms with Crippen molar-refractivity contribution in [3.8, 4) is 0 Å². The minimum Gasteiger partial charge on any atom is -0.375 e. The van der Waals surface area contributed by atoms with Crippen LogP contribution in [0.2, 0.25) is 0 Å². The minimum absolute atomic E-state index is 0.00768. The highest BCUT2D eigenvalue weighted by molar-refractivity contribution is 5.73. The molecule has 0 aliphatic rings. The minimum atomic E-state index is -0.236. The van der Waals surface area contributed by atoms with E-state index in [1.807, 2.05) is 13.8 Å². The number of hydrogen-bond donors (Lipinski definition) is 1. The summed E-state index contributed by atoms with van der Waals surface area (Å²) in [6.07, 6.45) is 1.04. The molecule has 0 aromatic heterocycles. The van der Waals surface area contributed by atoms with Crippen LogP contribution in [0, 0.1) is 11.8 Å². The first-order chi connectivity index (χ1) is 7.96. The first kappa shape index (κ1) is 17.4. The molecule has 0 aliphatic heterocycles. The average Bonchev–Trinajstić information content (AvgIpc) is 2.09. The van der Waals surface area contributed by atoms with E-state index < -0.39 is 0 Å². The van der Waals surface area contributed by atoms with E-state index in [1.165, 1.54) is 0 Å². The van der Waals surface area contributed by atoms with E-state index in [-0.39, 0.29) is 23.0 Å². The molecule has 0 radical (unpaired) electrons. The lowest BCUT2D eigenvalue weighted by atomic mass is 9.89. The van der Waals surface area contributed by atoms with Crippen molar-refractivity contribution in [3.63, 3.8) is 0 Å². The van der Waals surface area contributed by atoms with Crippen molar-refractivity contribution in [3.05, 3.63) is 0 Å². The topological polar surface area (TPSA) is 38.3 Å². The molecule has 18 heavy (non-hydrogen) atoms. The molecular weight excluding hydrogens is 226 g/mol. The monoisotopic (exact) mass is 257 g/mol. The van der Waals surface area contributed by atoms with Gasteiger partial charge < -0.3 is 10.1 Å². The summed E-state index contributed by atoms with van der Waals surface area (Å²) in [7, 11) is 0. The van der Waals surface area contributed by atoms with Crippen molar-refractivity contribution in [1.29, 1.82) is 0 Å². The number of hydrogen-bond acceptors (Lipinski definition) is 2. The van der Waals surface area contributed by atoms with Gasteiger partial charge in [0.2, 0.25) is 5.91 Å². The number of rotatable bonds is 7. The predicted molar refractivity (Wildman–Crippen MR) is 76.5 cm³/mol. The van der Waals surface area contributed by atoms with Crippen LogP contribution in [0.4, 0.5) is 0 Å². The molecule has 0 fully saturated rings. The quantitative estimate of drug-likeness (QED) is 0.759. The highest BCUT2D eigenvalue weighted by Crippen LogP contribution is 2.24. The van der Waals surface area contributed by atoms with Crippen molar-refractivity contribution in [1.82, 2.24) is 5.32 Å². The van der Waals surface area contributed by atoms with Crippen LogP contribution < -0.4 is 5.32 Å². The number of nitrogens with one attached hydrogen (secondary N) is 1. The van der Waals surface area contributed by atoms with Crippen molar-refractivity contribution in [2.45, 2.75) is 73.0 Å². The van der Waals surface area contributed by atoms with Gasteiger partial charge in [-0.25, -0.2) is 0 Å². The van der Waals surface area contributed by atoms with E-state index >= 15 is 0 Å². The van der Waals surface area contributed by atoms with Gasteiger partial charge in [-0.3, -0.25) is 4.79 Å². The second-order valence-corrected chi connectivity index (χ2v) is 6.97. The van der Waals surface area contributed by atoms with Gasteiger partial charge in [-0.15, -0.1) is 0 Å². The van der Waals surface area contributed by atoms with Crippen LogP contribution in [0.25, 0.3) is 0 Å². The lowest BCUT2D eigenvalue weighted by Gasteiger charge is -2.35. The van der Waals surface area contributed by atoms with Crippen LogP contribution in [0.15, 0.2) is 0 Å². The van der Waals surface area contributed by atoms with Crippen molar-refractivity contribution >= 4 is 5.91 Å². The number of amides is 1. The molecule has 0 aliphatic carbocycles. The molecule has 0 aromatic carbocycles. The third kappa shape index (κ3) is 7.00. The third-order valence-electron chi connectivity index (χ3n) is 3.35. The van der Waals surface area contributed by atoms with E-state index in [1.54, 1.807) is 6.92 Å². The molecule has 1 N–H and O–H groups in total. The molecule has 0 heterocycles. The fourth-order valence-electron chi connectivity index (χ4n) is 2.18. The van der Waals surface area contributed by atoms with Crippen molar-refractivity contribution in [2.24, 2.45) is 11.8 Å². The normalized spacial score (nSPS) is 14.7. The van der Waals surface area contributed by atoms with Crippen molar-refractivity contribution < 1.29 is 9.53 Å². The first-order valence-electron chi connectivity index (χ1n) is 6.89. The average molecular weight is 257 g/mol. The molecule has 3 nitrogen and oxygen atoms in total. The zero-order valence-corrected chi connectivity index (χ0v) is 13.4. The standard InChI is InChI=1S/C15H31NO2/c1-11(2)9-14(5,6)18-10-12(3)15(7,8)16-13(4)17/h11-12H,9-10H2,1-8H3,(H,16,17). The maximum Gasteiger partial charge on any atom is 0.217 e. The highest BCUT2D eigenvalue weighted by Gasteiger charge is 2.29. The molecule has 1 unspecified atom stereocenters. The molecule has 108 valence electrons. The van der Waals surface area contributed by atoms with Gasteiger partial charge in [0, 0.05) is 18.4 Å². The molecule has 0 spiro atoms. The Kier molecular flexibility index (Phi) is 6.35. The summed E-state index contributed by atoms with van der Waals surface area (Å²) >= 11 is 0. The molecule has 0 bridgehead atoms. The molecule has 0 rings (SSSR count). The summed E-state index contributed by atoms with van der Waals surface area (Å²) in [6.45, 7) is 17.1. The van der Waals surface area contributed by atoms with Crippen LogP contribution in [-0.4, -0.2) is 23.7 Å². The summed E-state index contributed by atoms with van der Waals surface area (Å²) in [6, 6.07) is 0. The van der Waals surface area contributed by atoms with E-state index in [4.69, 9.17) is 4.74 Å². The lowest BCUT2D eigenvalue weighted by Crippen LogP contribution is -2.49. The maximum atomic E-state index is 11.2. The summed E-state index contributed by atoms with van der Waals surface area (Å²) in [5.41, 5.74) is -0.339. The van der Waals surface area contributed by atoms with Crippen LogP contribution in [0.5, 0.6) is 0 Å². The van der Waals surface area contributed by atoms with Crippen LogP contribution >= 0.6 is 0 Å². The Balaban J connectivity index is 4.32. The van der Waals surface area contributed by atoms with Gasteiger partial charge in [-0.2, -0.15) is 0 Å². The van der Waals surface area contributed by atoms with E-state index in [0.717, 1.165) is 6.42 Å². The molecule has 3 heteroatoms. The smallest absolute Gasteiger partial charge is 0.217 e. The molecule has 0 aromatic rings. The molecule has 1 amide bonds. The van der Waals surface area contributed by atoms with Gasteiger partial charge in [0.15, 0.2) is 0 Å². The van der Waals surface area contributed by atoms with Gasteiger partial charge in [0.1, 0.15) is 0 Å². The van der Waals surface area contributed by atoms with Gasteiger partial charge >= 0.3 is 0 Å². The second kappa shape index (κ2) is 6.55. The molecular formula is C15H31NO2. The van der Waals surface area contributed by atoms with E-state index in [0.29, 0.717) is 12.5 Å². The summed E-state index contributed by atoms with van der Waals surface area (Å²) < 4.78 is 6.02. The Morgan fingerprint density at radius 3 is 2.06 bits per heavy atom. The first-order valence-corrected chi connectivity index (χ1v) is 6.89. The summed E-state index contributed by atoms with van der Waals surface area (Å²) in [5, 5.41) is 2.98. The Morgan fingerprint density at radius 1 is 1.17 bits per heavy atom. The van der Waals surface area contributed by atoms with Crippen LogP contribution in [0.1, 0.15) is 61.8 Å². The number of ether oxygens (including phenoxy) is 1.